The molecule has 4 heteroatoms. The van der Waals surface area contributed by atoms with Gasteiger partial charge in [-0.05, 0) is 43.4 Å². The number of benzene rings is 1. The van der Waals surface area contributed by atoms with Crippen LogP contribution in [0.2, 0.25) is 5.02 Å². The van der Waals surface area contributed by atoms with E-state index in [4.69, 9.17) is 27.1 Å². The maximum atomic E-state index is 6.35. The predicted octanol–water partition coefficient (Wildman–Crippen LogP) is 3.75. The Bertz CT molecular complexity index is 640. The number of ether oxygens (including phenoxy) is 1. The zero-order valence-electron chi connectivity index (χ0n) is 11.0. The van der Waals surface area contributed by atoms with E-state index >= 15 is 0 Å². The molecule has 1 aromatic carbocycles. The first-order chi connectivity index (χ1) is 9.22. The van der Waals surface area contributed by atoms with E-state index in [2.05, 4.69) is 0 Å². The van der Waals surface area contributed by atoms with Gasteiger partial charge in [-0.1, -0.05) is 18.0 Å². The summed E-state index contributed by atoms with van der Waals surface area (Å²) in [5.41, 5.74) is 10.2. The first kappa shape index (κ1) is 12.5. The van der Waals surface area contributed by atoms with Gasteiger partial charge in [0.2, 0.25) is 0 Å². The van der Waals surface area contributed by atoms with E-state index in [1.54, 1.807) is 7.11 Å². The summed E-state index contributed by atoms with van der Waals surface area (Å²) < 4.78 is 5.38. The molecule has 1 aliphatic rings. The van der Waals surface area contributed by atoms with Gasteiger partial charge in [-0.3, -0.25) is 0 Å². The fraction of sp³-hybridized carbons (Fsp3) is 0.400. The second-order valence-electron chi connectivity index (χ2n) is 4.98. The van der Waals surface area contributed by atoms with Crippen LogP contribution in [0.25, 0.3) is 10.9 Å². The minimum absolute atomic E-state index is 0.646. The van der Waals surface area contributed by atoms with Crippen LogP contribution in [0, 0.1) is 0 Å². The van der Waals surface area contributed by atoms with Crippen molar-refractivity contribution in [3.8, 4) is 5.75 Å². The topological polar surface area (TPSA) is 48.1 Å². The van der Waals surface area contributed by atoms with Crippen LogP contribution in [0.5, 0.6) is 5.75 Å². The van der Waals surface area contributed by atoms with Gasteiger partial charge in [0, 0.05) is 16.8 Å². The Hall–Kier alpha value is -1.48. The molecule has 0 amide bonds. The molecular formula is C15H17ClN2O. The minimum Gasteiger partial charge on any atom is -0.494 e. The third-order valence-electron chi connectivity index (χ3n) is 3.84. The number of nitrogens with zero attached hydrogens (tertiary/aromatic N) is 1. The molecule has 3 rings (SSSR count). The highest BCUT2D eigenvalue weighted by atomic mass is 35.5. The molecule has 1 aliphatic carbocycles. The highest BCUT2D eigenvalue weighted by Crippen LogP contribution is 2.38. The van der Waals surface area contributed by atoms with Gasteiger partial charge in [-0.25, -0.2) is 4.98 Å². The summed E-state index contributed by atoms with van der Waals surface area (Å²) in [5, 5.41) is 1.48. The highest BCUT2D eigenvalue weighted by molar-refractivity contribution is 6.36. The van der Waals surface area contributed by atoms with Crippen molar-refractivity contribution in [2.45, 2.75) is 32.1 Å². The van der Waals surface area contributed by atoms with E-state index < -0.39 is 0 Å². The largest absolute Gasteiger partial charge is 0.494 e. The van der Waals surface area contributed by atoms with Crippen molar-refractivity contribution >= 4 is 28.2 Å². The maximum absolute atomic E-state index is 6.35. The van der Waals surface area contributed by atoms with Gasteiger partial charge in [0.15, 0.2) is 0 Å². The van der Waals surface area contributed by atoms with E-state index in [0.29, 0.717) is 5.02 Å². The zero-order chi connectivity index (χ0) is 13.4. The molecule has 3 nitrogen and oxygen atoms in total. The van der Waals surface area contributed by atoms with Gasteiger partial charge in [0.1, 0.15) is 11.3 Å². The summed E-state index contributed by atoms with van der Waals surface area (Å²) in [7, 11) is 1.65. The summed E-state index contributed by atoms with van der Waals surface area (Å²) in [4.78, 5) is 4.78. The summed E-state index contributed by atoms with van der Waals surface area (Å²) >= 11 is 6.30. The Kier molecular flexibility index (Phi) is 3.23. The predicted molar refractivity (Wildman–Crippen MR) is 79.0 cm³/mol. The first-order valence-electron chi connectivity index (χ1n) is 6.66. The molecule has 0 spiro atoms. The smallest absolute Gasteiger partial charge is 0.145 e. The lowest BCUT2D eigenvalue weighted by atomic mass is 10.0. The van der Waals surface area contributed by atoms with Crippen molar-refractivity contribution in [1.29, 1.82) is 0 Å². The van der Waals surface area contributed by atoms with E-state index in [1.165, 1.54) is 24.8 Å². The normalized spacial score (nSPS) is 15.1. The fourth-order valence-electron chi connectivity index (χ4n) is 2.84. The SMILES string of the molecule is COc1ccc(Cl)c2c(N)c3c(nc12)CCCCC3. The number of aryl methyl sites for hydroxylation is 1. The number of hydrogen-bond acceptors (Lipinski definition) is 3. The maximum Gasteiger partial charge on any atom is 0.145 e. The van der Waals surface area contributed by atoms with Crippen molar-refractivity contribution in [1.82, 2.24) is 4.98 Å². The molecule has 19 heavy (non-hydrogen) atoms. The molecular weight excluding hydrogens is 260 g/mol. The summed E-state index contributed by atoms with van der Waals surface area (Å²) in [5.74, 6) is 0.734. The second kappa shape index (κ2) is 4.89. The number of nitrogen functional groups attached to an aromatic ring is 1. The molecule has 0 saturated carbocycles. The molecule has 0 bridgehead atoms. The van der Waals surface area contributed by atoms with Crippen LogP contribution in [-0.4, -0.2) is 12.1 Å². The fourth-order valence-corrected chi connectivity index (χ4v) is 3.10. The Morgan fingerprint density at radius 2 is 2.00 bits per heavy atom. The lowest BCUT2D eigenvalue weighted by Crippen LogP contribution is -2.04. The van der Waals surface area contributed by atoms with Crippen LogP contribution < -0.4 is 10.5 Å². The summed E-state index contributed by atoms with van der Waals surface area (Å²) in [6.07, 6.45) is 5.57. The number of hydrogen-bond donors (Lipinski definition) is 1. The van der Waals surface area contributed by atoms with Gasteiger partial charge < -0.3 is 10.5 Å². The summed E-state index contributed by atoms with van der Waals surface area (Å²) in [6.45, 7) is 0. The Balaban J connectivity index is 2.36. The van der Waals surface area contributed by atoms with Gasteiger partial charge in [-0.15, -0.1) is 0 Å². The Labute approximate surface area is 117 Å². The number of pyridine rings is 1. The van der Waals surface area contributed by atoms with Crippen molar-refractivity contribution in [3.05, 3.63) is 28.4 Å². The highest BCUT2D eigenvalue weighted by Gasteiger charge is 2.19. The third-order valence-corrected chi connectivity index (χ3v) is 4.15. The molecule has 0 fully saturated rings. The van der Waals surface area contributed by atoms with Crippen molar-refractivity contribution in [3.63, 3.8) is 0 Å². The Morgan fingerprint density at radius 1 is 1.21 bits per heavy atom. The van der Waals surface area contributed by atoms with Crippen LogP contribution in [-0.2, 0) is 12.8 Å². The molecule has 2 aromatic rings. The van der Waals surface area contributed by atoms with Gasteiger partial charge in [0.25, 0.3) is 0 Å². The zero-order valence-corrected chi connectivity index (χ0v) is 11.8. The third kappa shape index (κ3) is 2.02. The Morgan fingerprint density at radius 3 is 2.79 bits per heavy atom. The van der Waals surface area contributed by atoms with Gasteiger partial charge in [-0.2, -0.15) is 0 Å². The molecule has 0 atom stereocenters. The average Bonchev–Trinajstić information content (AvgIpc) is 2.64. The number of methoxy groups -OCH3 is 1. The van der Waals surface area contributed by atoms with Crippen LogP contribution in [0.3, 0.4) is 0 Å². The number of anilines is 1. The lowest BCUT2D eigenvalue weighted by Gasteiger charge is -2.15. The first-order valence-corrected chi connectivity index (χ1v) is 7.03. The van der Waals surface area contributed by atoms with Crippen LogP contribution >= 0.6 is 11.6 Å². The van der Waals surface area contributed by atoms with E-state index in [0.717, 1.165) is 40.9 Å². The number of halogens is 1. The van der Waals surface area contributed by atoms with Crippen LogP contribution in [0.1, 0.15) is 30.5 Å². The molecule has 1 aromatic heterocycles. The van der Waals surface area contributed by atoms with Crippen molar-refractivity contribution < 1.29 is 4.74 Å². The van der Waals surface area contributed by atoms with Crippen LogP contribution in [0.15, 0.2) is 12.1 Å². The lowest BCUT2D eigenvalue weighted by molar-refractivity contribution is 0.419. The van der Waals surface area contributed by atoms with Crippen LogP contribution in [0.4, 0.5) is 5.69 Å². The van der Waals surface area contributed by atoms with Crippen molar-refractivity contribution in [2.75, 3.05) is 12.8 Å². The molecule has 1 heterocycles. The molecule has 2 N–H and O–H groups in total. The number of fused-ring (bicyclic) bond motifs is 2. The average molecular weight is 277 g/mol. The second-order valence-corrected chi connectivity index (χ2v) is 5.39. The quantitative estimate of drug-likeness (QED) is 0.807. The molecule has 0 saturated heterocycles. The molecule has 0 aliphatic heterocycles. The van der Waals surface area contributed by atoms with E-state index in [1.807, 2.05) is 12.1 Å². The monoisotopic (exact) mass is 276 g/mol. The molecule has 100 valence electrons. The molecule has 0 radical (unpaired) electrons. The minimum atomic E-state index is 0.646. The van der Waals surface area contributed by atoms with Gasteiger partial charge in [0.05, 0.1) is 12.1 Å². The van der Waals surface area contributed by atoms with Crippen molar-refractivity contribution in [2.24, 2.45) is 0 Å². The summed E-state index contributed by atoms with van der Waals surface area (Å²) in [6, 6.07) is 3.67. The molecule has 0 unspecified atom stereocenters. The standard InChI is InChI=1S/C15H17ClN2O/c1-19-12-8-7-10(16)13-14(17)9-5-3-2-4-6-11(9)18-15(12)13/h7-8H,2-6H2,1H3,(H2,17,18). The van der Waals surface area contributed by atoms with E-state index in [-0.39, 0.29) is 0 Å². The van der Waals surface area contributed by atoms with Gasteiger partial charge >= 0.3 is 0 Å². The van der Waals surface area contributed by atoms with E-state index in [9.17, 15) is 0 Å². The number of aromatic nitrogens is 1. The number of nitrogens with two attached hydrogens (primary N) is 1. The number of rotatable bonds is 1.